The number of anilines is 4. The van der Waals surface area contributed by atoms with Crippen LogP contribution in [0.15, 0.2) is 18.2 Å². The van der Waals surface area contributed by atoms with Gasteiger partial charge >= 0.3 is 0 Å². The third-order valence-corrected chi connectivity index (χ3v) is 6.67. The van der Waals surface area contributed by atoms with E-state index in [-0.39, 0.29) is 17.2 Å². The Hall–Kier alpha value is -3.14. The van der Waals surface area contributed by atoms with E-state index in [9.17, 15) is 9.90 Å². The van der Waals surface area contributed by atoms with Crippen LogP contribution >= 0.6 is 0 Å². The highest BCUT2D eigenvalue weighted by Crippen LogP contribution is 2.27. The van der Waals surface area contributed by atoms with Gasteiger partial charge in [-0.05, 0) is 50.7 Å². The lowest BCUT2D eigenvalue weighted by atomic mass is 10.1. The van der Waals surface area contributed by atoms with Crippen LogP contribution in [0.4, 0.5) is 23.5 Å². The van der Waals surface area contributed by atoms with Crippen LogP contribution in [0.1, 0.15) is 48.9 Å². The number of hydrogen-bond donors (Lipinski definition) is 2. The smallest absolute Gasteiger partial charge is 0.257 e. The second-order valence-electron chi connectivity index (χ2n) is 9.12. The average Bonchev–Trinajstić information content (AvgIpc) is 2.90. The zero-order valence-electron chi connectivity index (χ0n) is 19.6. The molecule has 2 aromatic rings. The summed E-state index contributed by atoms with van der Waals surface area (Å²) in [6.45, 7) is 5.88. The maximum Gasteiger partial charge on any atom is 0.257 e. The van der Waals surface area contributed by atoms with E-state index in [0.29, 0.717) is 49.8 Å². The molecule has 3 fully saturated rings. The molecule has 10 heteroatoms. The fourth-order valence-electron chi connectivity index (χ4n) is 4.74. The number of rotatable bonds is 5. The van der Waals surface area contributed by atoms with Crippen molar-refractivity contribution in [2.24, 2.45) is 0 Å². The molecule has 0 unspecified atom stereocenters. The molecule has 0 atom stereocenters. The van der Waals surface area contributed by atoms with Crippen LogP contribution in [0.3, 0.4) is 0 Å². The molecule has 4 heterocycles. The van der Waals surface area contributed by atoms with Crippen LogP contribution in [0.2, 0.25) is 0 Å². The van der Waals surface area contributed by atoms with E-state index in [1.165, 1.54) is 12.8 Å². The number of phenols is 1. The Balaban J connectivity index is 1.38. The summed E-state index contributed by atoms with van der Waals surface area (Å²) in [5.41, 5.74) is 0.905. The number of hydrogen-bond acceptors (Lipinski definition) is 9. The highest BCUT2D eigenvalue weighted by molar-refractivity contribution is 5.97. The Kier molecular flexibility index (Phi) is 6.94. The van der Waals surface area contributed by atoms with Crippen molar-refractivity contribution in [3.8, 4) is 5.75 Å². The monoisotopic (exact) mass is 467 g/mol. The Labute approximate surface area is 200 Å². The van der Waals surface area contributed by atoms with Crippen molar-refractivity contribution >= 4 is 29.4 Å². The van der Waals surface area contributed by atoms with Crippen LogP contribution in [0.25, 0.3) is 0 Å². The van der Waals surface area contributed by atoms with Crippen LogP contribution in [-0.4, -0.2) is 83.3 Å². The number of nitrogens with zero attached hydrogens (tertiary/aromatic N) is 6. The van der Waals surface area contributed by atoms with Gasteiger partial charge in [0.25, 0.3) is 5.91 Å². The molecule has 3 aliphatic rings. The summed E-state index contributed by atoms with van der Waals surface area (Å²) in [5.74, 6) is 1.58. The Morgan fingerprint density at radius 2 is 1.41 bits per heavy atom. The Bertz CT molecular complexity index is 964. The van der Waals surface area contributed by atoms with Crippen LogP contribution in [0.5, 0.6) is 5.75 Å². The van der Waals surface area contributed by atoms with E-state index in [1.54, 1.807) is 23.1 Å². The molecule has 1 amide bonds. The normalized spacial score (nSPS) is 19.2. The number of phenolic OH excluding ortho intramolecular Hbond substituents is 1. The predicted molar refractivity (Wildman–Crippen MR) is 130 cm³/mol. The first-order chi connectivity index (χ1) is 16.7. The van der Waals surface area contributed by atoms with Crippen molar-refractivity contribution in [2.75, 3.05) is 67.6 Å². The minimum Gasteiger partial charge on any atom is -0.507 e. The molecule has 5 rings (SSSR count). The van der Waals surface area contributed by atoms with Crippen LogP contribution in [-0.2, 0) is 4.74 Å². The molecule has 34 heavy (non-hydrogen) atoms. The van der Waals surface area contributed by atoms with Gasteiger partial charge in [0, 0.05) is 51.0 Å². The molecule has 0 radical (unpaired) electrons. The number of piperidine rings is 2. The van der Waals surface area contributed by atoms with Gasteiger partial charge in [0.15, 0.2) is 0 Å². The van der Waals surface area contributed by atoms with Crippen molar-refractivity contribution in [2.45, 2.75) is 38.5 Å². The molecular weight excluding hydrogens is 434 g/mol. The van der Waals surface area contributed by atoms with Gasteiger partial charge in [-0.1, -0.05) is 0 Å². The highest BCUT2D eigenvalue weighted by Gasteiger charge is 2.23. The summed E-state index contributed by atoms with van der Waals surface area (Å²) in [6.07, 6.45) is 7.03. The number of ether oxygens (including phenoxy) is 1. The van der Waals surface area contributed by atoms with E-state index < -0.39 is 0 Å². The molecule has 3 saturated heterocycles. The summed E-state index contributed by atoms with van der Waals surface area (Å²) in [4.78, 5) is 33.1. The van der Waals surface area contributed by atoms with Gasteiger partial charge in [-0.2, -0.15) is 15.0 Å². The van der Waals surface area contributed by atoms with E-state index in [0.717, 1.165) is 51.9 Å². The minimum atomic E-state index is -0.188. The third-order valence-electron chi connectivity index (χ3n) is 6.67. The first-order valence-corrected chi connectivity index (χ1v) is 12.4. The summed E-state index contributed by atoms with van der Waals surface area (Å²) < 4.78 is 5.32. The second kappa shape index (κ2) is 10.4. The number of carbonyl (C=O) groups excluding carboxylic acids is 1. The van der Waals surface area contributed by atoms with E-state index >= 15 is 0 Å². The van der Waals surface area contributed by atoms with Gasteiger partial charge in [-0.15, -0.1) is 0 Å². The van der Waals surface area contributed by atoms with Crippen molar-refractivity contribution in [3.05, 3.63) is 23.8 Å². The lowest BCUT2D eigenvalue weighted by Crippen LogP contribution is -2.40. The maximum absolute atomic E-state index is 12.8. The largest absolute Gasteiger partial charge is 0.507 e. The van der Waals surface area contributed by atoms with Gasteiger partial charge in [0.2, 0.25) is 17.8 Å². The quantitative estimate of drug-likeness (QED) is 0.686. The molecule has 0 saturated carbocycles. The molecule has 2 N–H and O–H groups in total. The number of aromatic nitrogens is 3. The fourth-order valence-corrected chi connectivity index (χ4v) is 4.74. The number of aromatic hydroxyl groups is 1. The number of nitrogens with one attached hydrogen (secondary N) is 1. The van der Waals surface area contributed by atoms with Gasteiger partial charge in [-0.25, -0.2) is 0 Å². The topological polar surface area (TPSA) is 107 Å². The van der Waals surface area contributed by atoms with Crippen molar-refractivity contribution < 1.29 is 14.6 Å². The first-order valence-electron chi connectivity index (χ1n) is 12.4. The fraction of sp³-hybridized carbons (Fsp3) is 0.583. The van der Waals surface area contributed by atoms with Crippen molar-refractivity contribution in [1.29, 1.82) is 0 Å². The van der Waals surface area contributed by atoms with Crippen LogP contribution in [0, 0.1) is 0 Å². The number of benzene rings is 1. The summed E-state index contributed by atoms with van der Waals surface area (Å²) >= 11 is 0. The number of carbonyl (C=O) groups is 1. The lowest BCUT2D eigenvalue weighted by Gasteiger charge is -2.30. The van der Waals surface area contributed by atoms with Crippen LogP contribution < -0.4 is 15.1 Å². The zero-order chi connectivity index (χ0) is 23.3. The summed E-state index contributed by atoms with van der Waals surface area (Å²) in [7, 11) is 0. The zero-order valence-corrected chi connectivity index (χ0v) is 19.6. The molecule has 0 spiro atoms. The number of morpholine rings is 1. The predicted octanol–water partition coefficient (Wildman–Crippen LogP) is 2.77. The van der Waals surface area contributed by atoms with Crippen molar-refractivity contribution in [3.63, 3.8) is 0 Å². The standard InChI is InChI=1S/C24H33N7O3/c32-20-17-18(7-8-19(20)21(33)29-13-15-34-16-14-29)25-22-26-23(30-9-3-1-4-10-30)28-24(27-22)31-11-5-2-6-12-31/h7-8,17,32H,1-6,9-16H2,(H,25,26,27,28). The SMILES string of the molecule is O=C(c1ccc(Nc2nc(N3CCCCC3)nc(N3CCCCC3)n2)cc1O)N1CCOCC1. The summed E-state index contributed by atoms with van der Waals surface area (Å²) in [6, 6.07) is 4.98. The van der Waals surface area contributed by atoms with Gasteiger partial charge in [0.05, 0.1) is 18.8 Å². The Morgan fingerprint density at radius 3 is 1.97 bits per heavy atom. The molecule has 1 aromatic carbocycles. The molecule has 3 aliphatic heterocycles. The average molecular weight is 468 g/mol. The highest BCUT2D eigenvalue weighted by atomic mass is 16.5. The van der Waals surface area contributed by atoms with E-state index in [1.807, 2.05) is 0 Å². The van der Waals surface area contributed by atoms with E-state index in [2.05, 4.69) is 15.1 Å². The molecule has 0 aliphatic carbocycles. The first kappa shape index (κ1) is 22.6. The van der Waals surface area contributed by atoms with Gasteiger partial charge in [0.1, 0.15) is 5.75 Å². The molecular formula is C24H33N7O3. The molecule has 1 aromatic heterocycles. The minimum absolute atomic E-state index is 0.0666. The molecule has 182 valence electrons. The maximum atomic E-state index is 12.8. The third kappa shape index (κ3) is 5.16. The Morgan fingerprint density at radius 1 is 0.824 bits per heavy atom. The van der Waals surface area contributed by atoms with Crippen molar-refractivity contribution in [1.82, 2.24) is 19.9 Å². The summed E-state index contributed by atoms with van der Waals surface area (Å²) in [5, 5.41) is 13.8. The van der Waals surface area contributed by atoms with E-state index in [4.69, 9.17) is 19.7 Å². The molecule has 10 nitrogen and oxygen atoms in total. The number of amides is 1. The second-order valence-corrected chi connectivity index (χ2v) is 9.12. The molecule has 0 bridgehead atoms. The lowest BCUT2D eigenvalue weighted by molar-refractivity contribution is 0.0301. The van der Waals surface area contributed by atoms with Gasteiger partial charge < -0.3 is 29.9 Å². The van der Waals surface area contributed by atoms with Gasteiger partial charge in [-0.3, -0.25) is 4.79 Å².